The Kier molecular flexibility index (Phi) is 5.43. The van der Waals surface area contributed by atoms with Crippen molar-refractivity contribution in [3.63, 3.8) is 0 Å². The first kappa shape index (κ1) is 13.5. The van der Waals surface area contributed by atoms with Crippen molar-refractivity contribution in [1.82, 2.24) is 5.32 Å². The third-order valence-corrected chi connectivity index (χ3v) is 2.56. The zero-order valence-electron chi connectivity index (χ0n) is 10.3. The number of aliphatic hydroxyl groups is 1. The predicted molar refractivity (Wildman–Crippen MR) is 68.5 cm³/mol. The minimum absolute atomic E-state index is 0.102. The van der Waals surface area contributed by atoms with Crippen molar-refractivity contribution in [2.24, 2.45) is 0 Å². The number of aliphatic hydroxyl groups excluding tert-OH is 1. The van der Waals surface area contributed by atoms with Gasteiger partial charge in [0.15, 0.2) is 0 Å². The van der Waals surface area contributed by atoms with E-state index in [0.29, 0.717) is 5.57 Å². The first-order valence-electron chi connectivity index (χ1n) is 5.82. The van der Waals surface area contributed by atoms with Crippen molar-refractivity contribution in [3.05, 3.63) is 47.5 Å². The van der Waals surface area contributed by atoms with Gasteiger partial charge in [0.2, 0.25) is 5.91 Å². The number of allylic oxidation sites excluding steroid dienone is 1. The first-order valence-corrected chi connectivity index (χ1v) is 5.82. The van der Waals surface area contributed by atoms with Crippen molar-refractivity contribution >= 4 is 5.91 Å². The van der Waals surface area contributed by atoms with E-state index in [1.54, 1.807) is 6.92 Å². The van der Waals surface area contributed by atoms with Crippen molar-refractivity contribution in [2.45, 2.75) is 26.3 Å². The normalized spacial score (nSPS) is 13.2. The predicted octanol–water partition coefficient (Wildman–Crippen LogP) is 2.19. The molecular weight excluding hydrogens is 214 g/mol. The molecule has 0 aliphatic heterocycles. The first-order chi connectivity index (χ1) is 8.19. The Balaban J connectivity index is 2.72. The van der Waals surface area contributed by atoms with Gasteiger partial charge in [0.25, 0.3) is 0 Å². The molecule has 3 nitrogen and oxygen atoms in total. The molecule has 0 aliphatic rings. The fraction of sp³-hybridized carbons (Fsp3) is 0.357. The van der Waals surface area contributed by atoms with Gasteiger partial charge in [-0.1, -0.05) is 43.3 Å². The number of hydrogen-bond donors (Lipinski definition) is 2. The summed E-state index contributed by atoms with van der Waals surface area (Å²) >= 11 is 0. The van der Waals surface area contributed by atoms with E-state index < -0.39 is 0 Å². The summed E-state index contributed by atoms with van der Waals surface area (Å²) in [5, 5.41) is 12.1. The molecule has 2 N–H and O–H groups in total. The van der Waals surface area contributed by atoms with Crippen molar-refractivity contribution < 1.29 is 9.90 Å². The van der Waals surface area contributed by atoms with E-state index in [9.17, 15) is 9.90 Å². The zero-order valence-corrected chi connectivity index (χ0v) is 10.3. The third kappa shape index (κ3) is 4.04. The van der Waals surface area contributed by atoms with Crippen LogP contribution in [0.5, 0.6) is 0 Å². The molecule has 0 radical (unpaired) electrons. The SMILES string of the molecule is CC/C=C(/C)C(=O)N[C@H](CO)c1ccccc1. The molecular formula is C14H19NO2. The van der Waals surface area contributed by atoms with Gasteiger partial charge in [-0.15, -0.1) is 0 Å². The Morgan fingerprint density at radius 3 is 2.59 bits per heavy atom. The molecule has 0 saturated carbocycles. The summed E-state index contributed by atoms with van der Waals surface area (Å²) in [7, 11) is 0. The Bertz CT molecular complexity index is 384. The van der Waals surface area contributed by atoms with Crippen molar-refractivity contribution in [1.29, 1.82) is 0 Å². The molecule has 1 aromatic rings. The van der Waals surface area contributed by atoms with Gasteiger partial charge in [-0.2, -0.15) is 0 Å². The second-order valence-electron chi connectivity index (χ2n) is 3.91. The average Bonchev–Trinajstić information content (AvgIpc) is 2.37. The molecule has 1 amide bonds. The summed E-state index contributed by atoms with van der Waals surface area (Å²) in [6.45, 7) is 3.66. The molecule has 0 aliphatic carbocycles. The van der Waals surface area contributed by atoms with E-state index in [1.165, 1.54) is 0 Å². The van der Waals surface area contributed by atoms with Crippen LogP contribution in [0.4, 0.5) is 0 Å². The lowest BCUT2D eigenvalue weighted by molar-refractivity contribution is -0.118. The van der Waals surface area contributed by atoms with Crippen LogP contribution in [0.2, 0.25) is 0 Å². The lowest BCUT2D eigenvalue weighted by Crippen LogP contribution is -2.31. The van der Waals surface area contributed by atoms with Gasteiger partial charge in [-0.3, -0.25) is 4.79 Å². The molecule has 0 bridgehead atoms. The van der Waals surface area contributed by atoms with Crippen LogP contribution in [0.25, 0.3) is 0 Å². The Hall–Kier alpha value is -1.61. The van der Waals surface area contributed by atoms with Crippen LogP contribution in [-0.2, 0) is 4.79 Å². The maximum Gasteiger partial charge on any atom is 0.247 e. The van der Waals surface area contributed by atoms with Crippen LogP contribution in [0.1, 0.15) is 31.9 Å². The minimum atomic E-state index is -0.344. The monoisotopic (exact) mass is 233 g/mol. The summed E-state index contributed by atoms with van der Waals surface area (Å²) in [6, 6.07) is 9.11. The molecule has 0 saturated heterocycles. The molecule has 1 atom stereocenters. The van der Waals surface area contributed by atoms with Crippen LogP contribution in [-0.4, -0.2) is 17.6 Å². The topological polar surface area (TPSA) is 49.3 Å². The highest BCUT2D eigenvalue weighted by atomic mass is 16.3. The highest BCUT2D eigenvalue weighted by Gasteiger charge is 2.13. The van der Waals surface area contributed by atoms with Crippen LogP contribution in [0, 0.1) is 0 Å². The summed E-state index contributed by atoms with van der Waals surface area (Å²) < 4.78 is 0. The number of benzene rings is 1. The van der Waals surface area contributed by atoms with E-state index in [4.69, 9.17) is 0 Å². The second-order valence-corrected chi connectivity index (χ2v) is 3.91. The van der Waals surface area contributed by atoms with Gasteiger partial charge >= 0.3 is 0 Å². The fourth-order valence-corrected chi connectivity index (χ4v) is 1.59. The van der Waals surface area contributed by atoms with Crippen LogP contribution >= 0.6 is 0 Å². The lowest BCUT2D eigenvalue weighted by Gasteiger charge is -2.16. The number of carbonyl (C=O) groups is 1. The summed E-state index contributed by atoms with van der Waals surface area (Å²) in [5.74, 6) is -0.130. The molecule has 3 heteroatoms. The molecule has 0 unspecified atom stereocenters. The number of hydrogen-bond acceptors (Lipinski definition) is 2. The molecule has 0 heterocycles. The van der Waals surface area contributed by atoms with Crippen LogP contribution < -0.4 is 5.32 Å². The van der Waals surface area contributed by atoms with Gasteiger partial charge in [-0.25, -0.2) is 0 Å². The van der Waals surface area contributed by atoms with Crippen molar-refractivity contribution in [2.75, 3.05) is 6.61 Å². The smallest absolute Gasteiger partial charge is 0.247 e. The van der Waals surface area contributed by atoms with Crippen LogP contribution in [0.15, 0.2) is 42.0 Å². The van der Waals surface area contributed by atoms with E-state index in [2.05, 4.69) is 5.32 Å². The summed E-state index contributed by atoms with van der Waals surface area (Å²) in [4.78, 5) is 11.8. The maximum atomic E-state index is 11.8. The molecule has 0 aromatic heterocycles. The van der Waals surface area contributed by atoms with E-state index in [-0.39, 0.29) is 18.6 Å². The van der Waals surface area contributed by atoms with E-state index in [1.807, 2.05) is 43.3 Å². The molecule has 17 heavy (non-hydrogen) atoms. The maximum absolute atomic E-state index is 11.8. The quantitative estimate of drug-likeness (QED) is 0.766. The minimum Gasteiger partial charge on any atom is -0.394 e. The molecule has 92 valence electrons. The summed E-state index contributed by atoms with van der Waals surface area (Å²) in [5.41, 5.74) is 1.59. The molecule has 1 rings (SSSR count). The zero-order chi connectivity index (χ0) is 12.7. The van der Waals surface area contributed by atoms with E-state index in [0.717, 1.165) is 12.0 Å². The van der Waals surface area contributed by atoms with Crippen molar-refractivity contribution in [3.8, 4) is 0 Å². The Morgan fingerprint density at radius 2 is 2.06 bits per heavy atom. The van der Waals surface area contributed by atoms with E-state index >= 15 is 0 Å². The largest absolute Gasteiger partial charge is 0.394 e. The van der Waals surface area contributed by atoms with Crippen LogP contribution in [0.3, 0.4) is 0 Å². The molecule has 1 aromatic carbocycles. The van der Waals surface area contributed by atoms with Gasteiger partial charge in [0.1, 0.15) is 0 Å². The average molecular weight is 233 g/mol. The number of amides is 1. The van der Waals surface area contributed by atoms with Gasteiger partial charge < -0.3 is 10.4 Å². The van der Waals surface area contributed by atoms with Gasteiger partial charge in [-0.05, 0) is 18.9 Å². The second kappa shape index (κ2) is 6.86. The highest BCUT2D eigenvalue weighted by Crippen LogP contribution is 2.12. The highest BCUT2D eigenvalue weighted by molar-refractivity contribution is 5.93. The molecule has 0 fully saturated rings. The van der Waals surface area contributed by atoms with Gasteiger partial charge in [0.05, 0.1) is 12.6 Å². The number of nitrogens with one attached hydrogen (secondary N) is 1. The molecule has 0 spiro atoms. The Morgan fingerprint density at radius 1 is 1.41 bits per heavy atom. The number of rotatable bonds is 5. The third-order valence-electron chi connectivity index (χ3n) is 2.56. The fourth-order valence-electron chi connectivity index (χ4n) is 1.59. The Labute approximate surface area is 102 Å². The standard InChI is InChI=1S/C14H19NO2/c1-3-7-11(2)14(17)15-13(10-16)12-8-5-4-6-9-12/h4-9,13,16H,3,10H2,1-2H3,(H,15,17)/b11-7-/t13-/m1/s1. The van der Waals surface area contributed by atoms with Gasteiger partial charge in [0, 0.05) is 5.57 Å². The number of carbonyl (C=O) groups excluding carboxylic acids is 1. The summed E-state index contributed by atoms with van der Waals surface area (Å²) in [6.07, 6.45) is 2.70. The lowest BCUT2D eigenvalue weighted by atomic mass is 10.1.